The van der Waals surface area contributed by atoms with Gasteiger partial charge in [-0.2, -0.15) is 5.10 Å². The first kappa shape index (κ1) is 20.0. The van der Waals surface area contributed by atoms with Crippen molar-refractivity contribution in [2.75, 3.05) is 25.6 Å². The number of fused-ring (bicyclic) bond motifs is 1. The van der Waals surface area contributed by atoms with Crippen molar-refractivity contribution in [3.8, 4) is 11.1 Å². The summed E-state index contributed by atoms with van der Waals surface area (Å²) in [6, 6.07) is 10.2. The highest BCUT2D eigenvalue weighted by atomic mass is 32.1. The molecule has 30 heavy (non-hydrogen) atoms. The zero-order valence-corrected chi connectivity index (χ0v) is 17.6. The van der Waals surface area contributed by atoms with Crippen molar-refractivity contribution < 1.29 is 9.53 Å². The van der Waals surface area contributed by atoms with Gasteiger partial charge in [0, 0.05) is 30.8 Å². The lowest BCUT2D eigenvalue weighted by molar-refractivity contribution is -0.122. The maximum absolute atomic E-state index is 12.0. The van der Waals surface area contributed by atoms with E-state index in [1.165, 1.54) is 0 Å². The minimum atomic E-state index is -0.119. The molecule has 154 valence electrons. The smallest absolute Gasteiger partial charge is 0.241 e. The number of thiophene rings is 1. The first-order valence-electron chi connectivity index (χ1n) is 9.50. The van der Waals surface area contributed by atoms with Gasteiger partial charge in [0.05, 0.1) is 23.9 Å². The normalized spacial score (nSPS) is 11.0. The highest BCUT2D eigenvalue weighted by Crippen LogP contribution is 2.37. The van der Waals surface area contributed by atoms with Gasteiger partial charge in [0.1, 0.15) is 23.0 Å². The van der Waals surface area contributed by atoms with E-state index in [9.17, 15) is 4.79 Å². The van der Waals surface area contributed by atoms with Gasteiger partial charge in [-0.15, -0.1) is 11.3 Å². The first-order valence-corrected chi connectivity index (χ1v) is 10.4. The minimum Gasteiger partial charge on any atom is -0.383 e. The summed E-state index contributed by atoms with van der Waals surface area (Å²) in [5, 5.41) is 13.5. The summed E-state index contributed by atoms with van der Waals surface area (Å²) >= 11 is 1.60. The van der Waals surface area contributed by atoms with E-state index < -0.39 is 0 Å². The predicted octanol–water partition coefficient (Wildman–Crippen LogP) is 3.37. The van der Waals surface area contributed by atoms with Crippen molar-refractivity contribution in [1.29, 1.82) is 0 Å². The van der Waals surface area contributed by atoms with Crippen LogP contribution in [0.5, 0.6) is 0 Å². The summed E-state index contributed by atoms with van der Waals surface area (Å²) in [6.07, 6.45) is 3.47. The van der Waals surface area contributed by atoms with Gasteiger partial charge >= 0.3 is 0 Å². The number of aromatic nitrogens is 4. The van der Waals surface area contributed by atoms with Crippen LogP contribution in [0, 0.1) is 6.92 Å². The minimum absolute atomic E-state index is 0.119. The first-order chi connectivity index (χ1) is 14.6. The number of rotatable bonds is 8. The van der Waals surface area contributed by atoms with E-state index in [0.717, 1.165) is 32.8 Å². The molecule has 0 saturated heterocycles. The van der Waals surface area contributed by atoms with Crippen molar-refractivity contribution in [2.45, 2.75) is 13.5 Å². The van der Waals surface area contributed by atoms with Crippen LogP contribution in [0.3, 0.4) is 0 Å². The average molecular weight is 423 g/mol. The second-order valence-electron chi connectivity index (χ2n) is 6.71. The van der Waals surface area contributed by atoms with Crippen LogP contribution in [0.25, 0.3) is 21.3 Å². The number of amides is 1. The summed E-state index contributed by atoms with van der Waals surface area (Å²) < 4.78 is 6.52. The van der Waals surface area contributed by atoms with Gasteiger partial charge in [0.2, 0.25) is 5.91 Å². The molecule has 0 aliphatic heterocycles. The summed E-state index contributed by atoms with van der Waals surface area (Å²) in [5.74, 6) is 1.30. The van der Waals surface area contributed by atoms with E-state index in [2.05, 4.69) is 43.2 Å². The number of aryl methyl sites for hydroxylation is 1. The van der Waals surface area contributed by atoms with Gasteiger partial charge in [-0.3, -0.25) is 9.48 Å². The van der Waals surface area contributed by atoms with Crippen molar-refractivity contribution in [3.05, 3.63) is 53.9 Å². The largest absolute Gasteiger partial charge is 0.383 e. The topological polar surface area (TPSA) is 94.0 Å². The van der Waals surface area contributed by atoms with Gasteiger partial charge in [0.25, 0.3) is 0 Å². The van der Waals surface area contributed by atoms with Crippen LogP contribution in [-0.4, -0.2) is 45.9 Å². The van der Waals surface area contributed by atoms with E-state index in [-0.39, 0.29) is 12.5 Å². The monoisotopic (exact) mass is 422 g/mol. The number of methoxy groups -OCH3 is 1. The Bertz CT molecular complexity index is 1150. The second-order valence-corrected chi connectivity index (χ2v) is 7.57. The van der Waals surface area contributed by atoms with Crippen molar-refractivity contribution in [1.82, 2.24) is 25.1 Å². The molecule has 4 rings (SSSR count). The average Bonchev–Trinajstić information content (AvgIpc) is 3.35. The fourth-order valence-corrected chi connectivity index (χ4v) is 4.11. The number of hydrogen-bond acceptors (Lipinski definition) is 7. The van der Waals surface area contributed by atoms with Crippen LogP contribution in [0.4, 0.5) is 11.5 Å². The van der Waals surface area contributed by atoms with Crippen LogP contribution in [0.15, 0.2) is 48.1 Å². The molecule has 0 spiro atoms. The highest BCUT2D eigenvalue weighted by molar-refractivity contribution is 7.17. The number of carbonyl (C=O) groups excluding carboxylic acids is 1. The maximum Gasteiger partial charge on any atom is 0.241 e. The third kappa shape index (κ3) is 4.47. The SMILES string of the molecule is COCCNC(=O)Cn1cc(Nc2nc(C)nc3scc(-c4ccccc4)c23)cn1. The van der Waals surface area contributed by atoms with Crippen molar-refractivity contribution in [2.24, 2.45) is 0 Å². The quantitative estimate of drug-likeness (QED) is 0.423. The number of ether oxygens (including phenoxy) is 1. The number of carbonyl (C=O) groups is 1. The van der Waals surface area contributed by atoms with Gasteiger partial charge < -0.3 is 15.4 Å². The van der Waals surface area contributed by atoms with Crippen LogP contribution < -0.4 is 10.6 Å². The zero-order chi connectivity index (χ0) is 20.9. The maximum atomic E-state index is 12.0. The molecule has 8 nitrogen and oxygen atoms in total. The Kier molecular flexibility index (Phi) is 6.01. The molecule has 0 unspecified atom stereocenters. The van der Waals surface area contributed by atoms with Gasteiger partial charge in [0.15, 0.2) is 0 Å². The third-order valence-corrected chi connectivity index (χ3v) is 5.33. The number of nitrogens with zero attached hydrogens (tertiary/aromatic N) is 4. The second kappa shape index (κ2) is 9.02. The number of anilines is 2. The molecule has 0 saturated carbocycles. The number of benzene rings is 1. The third-order valence-electron chi connectivity index (χ3n) is 4.46. The molecule has 9 heteroatoms. The van der Waals surface area contributed by atoms with Gasteiger partial charge in [-0.25, -0.2) is 9.97 Å². The molecule has 0 fully saturated rings. The molecule has 0 aliphatic carbocycles. The molecule has 0 aliphatic rings. The predicted molar refractivity (Wildman–Crippen MR) is 118 cm³/mol. The molecular formula is C21H22N6O2S. The molecule has 2 N–H and O–H groups in total. The lowest BCUT2D eigenvalue weighted by Crippen LogP contribution is -2.30. The molecule has 1 aromatic carbocycles. The number of hydrogen-bond donors (Lipinski definition) is 2. The van der Waals surface area contributed by atoms with Crippen molar-refractivity contribution in [3.63, 3.8) is 0 Å². The molecule has 4 aromatic rings. The Labute approximate surface area is 177 Å². The van der Waals surface area contributed by atoms with Crippen molar-refractivity contribution >= 4 is 39.0 Å². The van der Waals surface area contributed by atoms with Crippen LogP contribution in [-0.2, 0) is 16.1 Å². The Morgan fingerprint density at radius 2 is 2.07 bits per heavy atom. The Hall–Kier alpha value is -3.30. The summed E-state index contributed by atoms with van der Waals surface area (Å²) in [5.41, 5.74) is 2.95. The highest BCUT2D eigenvalue weighted by Gasteiger charge is 2.15. The van der Waals surface area contributed by atoms with E-state index in [4.69, 9.17) is 4.74 Å². The lowest BCUT2D eigenvalue weighted by atomic mass is 10.1. The van der Waals surface area contributed by atoms with E-state index in [1.807, 2.05) is 25.1 Å². The van der Waals surface area contributed by atoms with Crippen LogP contribution >= 0.6 is 11.3 Å². The Balaban J connectivity index is 1.58. The molecule has 1 amide bonds. The number of nitrogens with one attached hydrogen (secondary N) is 2. The Morgan fingerprint density at radius 1 is 1.23 bits per heavy atom. The van der Waals surface area contributed by atoms with Gasteiger partial charge in [-0.05, 0) is 12.5 Å². The van der Waals surface area contributed by atoms with E-state index in [1.54, 1.807) is 35.5 Å². The van der Waals surface area contributed by atoms with Crippen LogP contribution in [0.1, 0.15) is 5.82 Å². The lowest BCUT2D eigenvalue weighted by Gasteiger charge is -2.08. The molecule has 3 heterocycles. The molecule has 0 atom stereocenters. The molecule has 3 aromatic heterocycles. The zero-order valence-electron chi connectivity index (χ0n) is 16.8. The molecule has 0 bridgehead atoms. The molecule has 0 radical (unpaired) electrons. The standard InChI is InChI=1S/C21H22N6O2S/c1-14-24-20(19-17(13-30-21(19)25-14)15-6-4-3-5-7-15)26-16-10-23-27(11-16)12-18(28)22-8-9-29-2/h3-7,10-11,13H,8-9,12H2,1-2H3,(H,22,28)(H,24,25,26). The fourth-order valence-electron chi connectivity index (χ4n) is 3.12. The summed E-state index contributed by atoms with van der Waals surface area (Å²) in [4.78, 5) is 22.1. The van der Waals surface area contributed by atoms with E-state index >= 15 is 0 Å². The summed E-state index contributed by atoms with van der Waals surface area (Å²) in [7, 11) is 1.60. The van der Waals surface area contributed by atoms with Gasteiger partial charge in [-0.1, -0.05) is 30.3 Å². The van der Waals surface area contributed by atoms with E-state index in [0.29, 0.717) is 19.0 Å². The molecular weight excluding hydrogens is 400 g/mol. The Morgan fingerprint density at radius 3 is 2.87 bits per heavy atom. The summed E-state index contributed by atoms with van der Waals surface area (Å²) in [6.45, 7) is 2.96. The van der Waals surface area contributed by atoms with Crippen LogP contribution in [0.2, 0.25) is 0 Å². The fraction of sp³-hybridized carbons (Fsp3) is 0.238.